The van der Waals surface area contributed by atoms with Gasteiger partial charge in [0, 0.05) is 18.3 Å². The third kappa shape index (κ3) is 4.12. The Morgan fingerprint density at radius 3 is 2.68 bits per heavy atom. The van der Waals surface area contributed by atoms with Crippen LogP contribution in [0.2, 0.25) is 5.02 Å². The van der Waals surface area contributed by atoms with Crippen molar-refractivity contribution < 1.29 is 13.2 Å². The van der Waals surface area contributed by atoms with Gasteiger partial charge in [-0.05, 0) is 42.8 Å². The lowest BCUT2D eigenvalue weighted by atomic mass is 10.2. The van der Waals surface area contributed by atoms with E-state index in [0.717, 1.165) is 5.56 Å². The molecule has 6 nitrogen and oxygen atoms in total. The minimum atomic E-state index is -3.85. The smallest absolute Gasteiger partial charge is 0.281 e. The molecular weight excluding hydrogens is 362 g/mol. The summed E-state index contributed by atoms with van der Waals surface area (Å²) in [5.41, 5.74) is 1.27. The largest absolute Gasteiger partial charge is 0.455 e. The number of halogens is 1. The van der Waals surface area contributed by atoms with Crippen molar-refractivity contribution in [2.24, 2.45) is 7.05 Å². The van der Waals surface area contributed by atoms with E-state index in [1.54, 1.807) is 29.8 Å². The van der Waals surface area contributed by atoms with Crippen LogP contribution in [0.15, 0.2) is 60.0 Å². The molecule has 2 aromatic carbocycles. The van der Waals surface area contributed by atoms with Gasteiger partial charge in [0.2, 0.25) is 0 Å². The van der Waals surface area contributed by atoms with Crippen LogP contribution in [0.25, 0.3) is 0 Å². The van der Waals surface area contributed by atoms with Crippen LogP contribution in [0.5, 0.6) is 11.5 Å². The van der Waals surface area contributed by atoms with Gasteiger partial charge in [-0.2, -0.15) is 8.42 Å². The minimum Gasteiger partial charge on any atom is -0.455 e. The molecule has 1 heterocycles. The molecule has 1 N–H and O–H groups in total. The van der Waals surface area contributed by atoms with E-state index in [1.807, 2.05) is 25.1 Å². The molecule has 0 unspecified atom stereocenters. The fourth-order valence-corrected chi connectivity index (χ4v) is 3.42. The van der Waals surface area contributed by atoms with Crippen molar-refractivity contribution in [3.8, 4) is 11.5 Å². The van der Waals surface area contributed by atoms with Crippen molar-refractivity contribution in [3.63, 3.8) is 0 Å². The molecule has 0 saturated carbocycles. The highest BCUT2D eigenvalue weighted by Crippen LogP contribution is 2.33. The van der Waals surface area contributed by atoms with Crippen LogP contribution in [0.3, 0.4) is 0 Å². The number of aryl methyl sites for hydroxylation is 2. The van der Waals surface area contributed by atoms with E-state index < -0.39 is 10.0 Å². The van der Waals surface area contributed by atoms with Gasteiger partial charge in [-0.25, -0.2) is 4.98 Å². The maximum atomic E-state index is 12.5. The molecule has 0 atom stereocenters. The summed E-state index contributed by atoms with van der Waals surface area (Å²) in [4.78, 5) is 3.87. The molecule has 0 bridgehead atoms. The van der Waals surface area contributed by atoms with E-state index in [-0.39, 0.29) is 10.7 Å². The monoisotopic (exact) mass is 377 g/mol. The third-order valence-corrected chi connectivity index (χ3v) is 4.85. The fraction of sp³-hybridized carbons (Fsp3) is 0.118. The second-order valence-corrected chi connectivity index (χ2v) is 7.61. The molecule has 0 saturated heterocycles. The molecule has 3 aromatic rings. The predicted octanol–water partition coefficient (Wildman–Crippen LogP) is 3.98. The van der Waals surface area contributed by atoms with Crippen molar-refractivity contribution >= 4 is 27.3 Å². The highest BCUT2D eigenvalue weighted by molar-refractivity contribution is 7.92. The maximum absolute atomic E-state index is 12.5. The Morgan fingerprint density at radius 2 is 2.00 bits per heavy atom. The van der Waals surface area contributed by atoms with E-state index >= 15 is 0 Å². The van der Waals surface area contributed by atoms with Crippen LogP contribution in [0, 0.1) is 6.92 Å². The Bertz CT molecular complexity index is 1020. The number of anilines is 1. The van der Waals surface area contributed by atoms with Crippen LogP contribution in [-0.2, 0) is 17.1 Å². The summed E-state index contributed by atoms with van der Waals surface area (Å²) >= 11 is 6.01. The summed E-state index contributed by atoms with van der Waals surface area (Å²) in [6.45, 7) is 1.94. The average Bonchev–Trinajstić information content (AvgIpc) is 2.97. The Kier molecular flexibility index (Phi) is 4.69. The van der Waals surface area contributed by atoms with Gasteiger partial charge in [0.25, 0.3) is 10.0 Å². The zero-order chi connectivity index (χ0) is 18.0. The molecule has 0 amide bonds. The van der Waals surface area contributed by atoms with Crippen molar-refractivity contribution in [1.82, 2.24) is 9.55 Å². The van der Waals surface area contributed by atoms with E-state index in [1.165, 1.54) is 18.6 Å². The average molecular weight is 378 g/mol. The standard InChI is InChI=1S/C17H16ClN3O3S/c1-12-4-3-5-14(8-12)24-16-7-6-13(18)9-15(16)20-25(22,23)17-10-21(2)11-19-17/h3-11,20H,1-2H3. The van der Waals surface area contributed by atoms with Gasteiger partial charge >= 0.3 is 0 Å². The molecule has 0 fully saturated rings. The molecule has 8 heteroatoms. The molecule has 0 aliphatic rings. The number of hydrogen-bond donors (Lipinski definition) is 1. The molecule has 0 aliphatic carbocycles. The van der Waals surface area contributed by atoms with Crippen LogP contribution >= 0.6 is 11.6 Å². The minimum absolute atomic E-state index is 0.0866. The quantitative estimate of drug-likeness (QED) is 0.730. The van der Waals surface area contributed by atoms with E-state index in [9.17, 15) is 8.42 Å². The second kappa shape index (κ2) is 6.78. The van der Waals surface area contributed by atoms with Gasteiger partial charge in [-0.3, -0.25) is 4.72 Å². The van der Waals surface area contributed by atoms with Crippen molar-refractivity contribution in [2.75, 3.05) is 4.72 Å². The summed E-state index contributed by atoms with van der Waals surface area (Å²) in [6.07, 6.45) is 2.82. The molecule has 0 spiro atoms. The molecule has 3 rings (SSSR count). The molecule has 0 radical (unpaired) electrons. The van der Waals surface area contributed by atoms with E-state index in [4.69, 9.17) is 16.3 Å². The molecule has 130 valence electrons. The Morgan fingerprint density at radius 1 is 1.20 bits per heavy atom. The number of aromatic nitrogens is 2. The van der Waals surface area contributed by atoms with Crippen LogP contribution in [0.4, 0.5) is 5.69 Å². The highest BCUT2D eigenvalue weighted by Gasteiger charge is 2.20. The number of imidazole rings is 1. The highest BCUT2D eigenvalue weighted by atomic mass is 35.5. The number of ether oxygens (including phenoxy) is 1. The van der Waals surface area contributed by atoms with Crippen molar-refractivity contribution in [3.05, 3.63) is 65.6 Å². The van der Waals surface area contributed by atoms with Crippen molar-refractivity contribution in [1.29, 1.82) is 0 Å². The van der Waals surface area contributed by atoms with Gasteiger partial charge in [-0.15, -0.1) is 0 Å². The van der Waals surface area contributed by atoms with E-state index in [2.05, 4.69) is 9.71 Å². The number of benzene rings is 2. The van der Waals surface area contributed by atoms with Crippen LogP contribution in [0.1, 0.15) is 5.56 Å². The fourth-order valence-electron chi connectivity index (χ4n) is 2.20. The van der Waals surface area contributed by atoms with Crippen LogP contribution in [-0.4, -0.2) is 18.0 Å². The second-order valence-electron chi connectivity index (χ2n) is 5.54. The third-order valence-electron chi connectivity index (χ3n) is 3.36. The first-order chi connectivity index (χ1) is 11.8. The summed E-state index contributed by atoms with van der Waals surface area (Å²) in [5.74, 6) is 0.940. The van der Waals surface area contributed by atoms with Gasteiger partial charge < -0.3 is 9.30 Å². The Balaban J connectivity index is 1.94. The normalized spacial score (nSPS) is 11.3. The Labute approximate surface area is 151 Å². The number of rotatable bonds is 5. The van der Waals surface area contributed by atoms with Gasteiger partial charge in [0.15, 0.2) is 10.8 Å². The van der Waals surface area contributed by atoms with Gasteiger partial charge in [-0.1, -0.05) is 23.7 Å². The van der Waals surface area contributed by atoms with Crippen molar-refractivity contribution in [2.45, 2.75) is 11.9 Å². The molecule has 1 aromatic heterocycles. The Hall–Kier alpha value is -2.51. The topological polar surface area (TPSA) is 73.2 Å². The molecule has 25 heavy (non-hydrogen) atoms. The summed E-state index contributed by atoms with van der Waals surface area (Å²) in [5, 5.41) is 0.298. The first-order valence-corrected chi connectivity index (χ1v) is 9.24. The molecule has 0 aliphatic heterocycles. The number of sulfonamides is 1. The zero-order valence-electron chi connectivity index (χ0n) is 13.6. The number of nitrogens with one attached hydrogen (secondary N) is 1. The summed E-state index contributed by atoms with van der Waals surface area (Å²) in [6, 6.07) is 12.2. The number of hydrogen-bond acceptors (Lipinski definition) is 4. The first-order valence-electron chi connectivity index (χ1n) is 7.38. The van der Waals surface area contributed by atoms with Gasteiger partial charge in [0.05, 0.1) is 12.0 Å². The van der Waals surface area contributed by atoms with Gasteiger partial charge in [0.1, 0.15) is 5.75 Å². The van der Waals surface area contributed by atoms with Crippen LogP contribution < -0.4 is 9.46 Å². The number of nitrogens with zero attached hydrogens (tertiary/aromatic N) is 2. The zero-order valence-corrected chi connectivity index (χ0v) is 15.2. The SMILES string of the molecule is Cc1cccc(Oc2ccc(Cl)cc2NS(=O)(=O)c2cn(C)cn2)c1. The lowest BCUT2D eigenvalue weighted by molar-refractivity contribution is 0.484. The lowest BCUT2D eigenvalue weighted by Crippen LogP contribution is -2.14. The van der Waals surface area contributed by atoms with E-state index in [0.29, 0.717) is 16.5 Å². The summed E-state index contributed by atoms with van der Waals surface area (Å²) in [7, 11) is -2.16. The lowest BCUT2D eigenvalue weighted by Gasteiger charge is -2.13. The predicted molar refractivity (Wildman–Crippen MR) is 96.7 cm³/mol. The maximum Gasteiger partial charge on any atom is 0.281 e. The first kappa shape index (κ1) is 17.3. The summed E-state index contributed by atoms with van der Waals surface area (Å²) < 4.78 is 34.9. The molecular formula is C17H16ClN3O3S.